The number of H-pyrrole nitrogens is 1. The van der Waals surface area contributed by atoms with Crippen LogP contribution >= 0.6 is 11.6 Å². The van der Waals surface area contributed by atoms with Crippen LogP contribution in [0, 0.1) is 0 Å². The minimum absolute atomic E-state index is 0.277. The smallest absolute Gasteiger partial charge is 0.133 e. The average Bonchev–Trinajstić information content (AvgIpc) is 2.89. The van der Waals surface area contributed by atoms with Crippen molar-refractivity contribution in [2.45, 2.75) is 25.7 Å². The van der Waals surface area contributed by atoms with E-state index < -0.39 is 0 Å². The molecule has 0 amide bonds. The van der Waals surface area contributed by atoms with Gasteiger partial charge in [0.1, 0.15) is 5.78 Å². The van der Waals surface area contributed by atoms with Gasteiger partial charge in [-0.2, -0.15) is 0 Å². The fourth-order valence-corrected chi connectivity index (χ4v) is 1.88. The number of nitrogens with zero attached hydrogens (tertiary/aromatic N) is 1. The summed E-state index contributed by atoms with van der Waals surface area (Å²) in [6, 6.07) is 7.63. The molecule has 0 saturated carbocycles. The molecule has 0 spiro atoms. The molecule has 0 unspecified atom stereocenters. The molecule has 0 radical (unpaired) electrons. The SMILES string of the molecule is O=C(CCc1ccc(Cl)cc1)CCc1cnc[nH]1. The van der Waals surface area contributed by atoms with Crippen molar-refractivity contribution in [3.8, 4) is 0 Å². The first-order chi connectivity index (χ1) is 8.74. The maximum absolute atomic E-state index is 11.7. The van der Waals surface area contributed by atoms with E-state index in [1.807, 2.05) is 24.3 Å². The number of aromatic amines is 1. The van der Waals surface area contributed by atoms with E-state index in [0.717, 1.165) is 29.1 Å². The summed E-state index contributed by atoms with van der Waals surface area (Å²) in [5.41, 5.74) is 2.16. The van der Waals surface area contributed by atoms with Gasteiger partial charge in [0.2, 0.25) is 0 Å². The summed E-state index contributed by atoms with van der Waals surface area (Å²) in [6.45, 7) is 0. The Labute approximate surface area is 111 Å². The maximum atomic E-state index is 11.7. The van der Waals surface area contributed by atoms with E-state index in [4.69, 9.17) is 11.6 Å². The quantitative estimate of drug-likeness (QED) is 0.869. The predicted octanol–water partition coefficient (Wildman–Crippen LogP) is 3.20. The summed E-state index contributed by atoms with van der Waals surface area (Å²) in [5, 5.41) is 0.726. The van der Waals surface area contributed by atoms with Crippen LogP contribution in [0.2, 0.25) is 5.02 Å². The summed E-state index contributed by atoms with van der Waals surface area (Å²) < 4.78 is 0. The molecule has 3 nitrogen and oxygen atoms in total. The normalized spacial score (nSPS) is 10.5. The summed E-state index contributed by atoms with van der Waals surface area (Å²) in [4.78, 5) is 18.6. The maximum Gasteiger partial charge on any atom is 0.133 e. The van der Waals surface area contributed by atoms with Crippen LogP contribution in [0.15, 0.2) is 36.8 Å². The molecule has 1 aromatic carbocycles. The minimum atomic E-state index is 0.277. The largest absolute Gasteiger partial charge is 0.348 e. The van der Waals surface area contributed by atoms with Crippen molar-refractivity contribution < 1.29 is 4.79 Å². The Hall–Kier alpha value is -1.61. The Kier molecular flexibility index (Phi) is 4.53. The number of hydrogen-bond donors (Lipinski definition) is 1. The number of aromatic nitrogens is 2. The second-order valence-electron chi connectivity index (χ2n) is 4.24. The van der Waals surface area contributed by atoms with Gasteiger partial charge >= 0.3 is 0 Å². The van der Waals surface area contributed by atoms with Crippen LogP contribution < -0.4 is 0 Å². The van der Waals surface area contributed by atoms with E-state index in [1.165, 1.54) is 0 Å². The van der Waals surface area contributed by atoms with Gasteiger partial charge in [-0.1, -0.05) is 23.7 Å². The summed E-state index contributed by atoms with van der Waals surface area (Å²) in [5.74, 6) is 0.277. The number of halogens is 1. The minimum Gasteiger partial charge on any atom is -0.348 e. The molecule has 2 rings (SSSR count). The molecular formula is C14H15ClN2O. The Balaban J connectivity index is 1.73. The number of Topliss-reactive ketones (excluding diaryl/α,β-unsaturated/α-hetero) is 1. The van der Waals surface area contributed by atoms with Gasteiger partial charge in [0.15, 0.2) is 0 Å². The van der Waals surface area contributed by atoms with Gasteiger partial charge in [0.25, 0.3) is 0 Å². The zero-order valence-electron chi connectivity index (χ0n) is 10.0. The van der Waals surface area contributed by atoms with Gasteiger partial charge in [-0.05, 0) is 30.5 Å². The molecule has 0 saturated heterocycles. The number of carbonyl (C=O) groups excluding carboxylic acids is 1. The molecule has 94 valence electrons. The third-order valence-corrected chi connectivity index (χ3v) is 3.09. The van der Waals surface area contributed by atoms with Gasteiger partial charge < -0.3 is 4.98 Å². The van der Waals surface area contributed by atoms with E-state index in [9.17, 15) is 4.79 Å². The lowest BCUT2D eigenvalue weighted by Gasteiger charge is -2.01. The first-order valence-electron chi connectivity index (χ1n) is 5.97. The van der Waals surface area contributed by atoms with E-state index in [1.54, 1.807) is 12.5 Å². The Morgan fingerprint density at radius 2 is 1.89 bits per heavy atom. The molecule has 0 fully saturated rings. The highest BCUT2D eigenvalue weighted by atomic mass is 35.5. The molecular weight excluding hydrogens is 248 g/mol. The number of ketones is 1. The Morgan fingerprint density at radius 3 is 2.56 bits per heavy atom. The third-order valence-electron chi connectivity index (χ3n) is 2.83. The standard InChI is InChI=1S/C14H15ClN2O/c15-12-4-1-11(2-5-12)3-7-14(18)8-6-13-9-16-10-17-13/h1-2,4-5,9-10H,3,6-8H2,(H,16,17). The highest BCUT2D eigenvalue weighted by molar-refractivity contribution is 6.30. The predicted molar refractivity (Wildman–Crippen MR) is 71.7 cm³/mol. The van der Waals surface area contributed by atoms with E-state index >= 15 is 0 Å². The van der Waals surface area contributed by atoms with Crippen molar-refractivity contribution in [2.75, 3.05) is 0 Å². The molecule has 2 aromatic rings. The molecule has 1 heterocycles. The zero-order valence-corrected chi connectivity index (χ0v) is 10.8. The van der Waals surface area contributed by atoms with Crippen LogP contribution in [-0.4, -0.2) is 15.8 Å². The van der Waals surface area contributed by atoms with Crippen LogP contribution in [0.25, 0.3) is 0 Å². The van der Waals surface area contributed by atoms with Crippen LogP contribution in [0.4, 0.5) is 0 Å². The van der Waals surface area contributed by atoms with Crippen LogP contribution in [0.1, 0.15) is 24.1 Å². The Morgan fingerprint density at radius 1 is 1.17 bits per heavy atom. The van der Waals surface area contributed by atoms with Crippen molar-refractivity contribution in [1.29, 1.82) is 0 Å². The molecule has 0 aliphatic rings. The molecule has 0 aliphatic heterocycles. The number of hydrogen-bond acceptors (Lipinski definition) is 2. The van der Waals surface area contributed by atoms with Crippen molar-refractivity contribution in [3.63, 3.8) is 0 Å². The lowest BCUT2D eigenvalue weighted by Crippen LogP contribution is -2.02. The molecule has 0 bridgehead atoms. The molecule has 1 aromatic heterocycles. The van der Waals surface area contributed by atoms with Gasteiger partial charge in [0.05, 0.1) is 6.33 Å². The van der Waals surface area contributed by atoms with Crippen LogP contribution in [0.3, 0.4) is 0 Å². The molecule has 4 heteroatoms. The fraction of sp³-hybridized carbons (Fsp3) is 0.286. The lowest BCUT2D eigenvalue weighted by molar-refractivity contribution is -0.119. The highest BCUT2D eigenvalue weighted by Gasteiger charge is 2.04. The molecule has 1 N–H and O–H groups in total. The van der Waals surface area contributed by atoms with Gasteiger partial charge in [-0.15, -0.1) is 0 Å². The summed E-state index contributed by atoms with van der Waals surface area (Å²) in [7, 11) is 0. The number of benzene rings is 1. The van der Waals surface area contributed by atoms with Crippen molar-refractivity contribution in [1.82, 2.24) is 9.97 Å². The first kappa shape index (κ1) is 12.8. The molecule has 0 atom stereocenters. The molecule has 18 heavy (non-hydrogen) atoms. The summed E-state index contributed by atoms with van der Waals surface area (Å²) in [6.07, 6.45) is 6.05. The number of imidazole rings is 1. The fourth-order valence-electron chi connectivity index (χ4n) is 1.76. The van der Waals surface area contributed by atoms with Gasteiger partial charge in [0, 0.05) is 29.8 Å². The number of aryl methyl sites for hydroxylation is 2. The average molecular weight is 263 g/mol. The van der Waals surface area contributed by atoms with Gasteiger partial charge in [-0.3, -0.25) is 4.79 Å². The van der Waals surface area contributed by atoms with Crippen molar-refractivity contribution >= 4 is 17.4 Å². The number of nitrogens with one attached hydrogen (secondary N) is 1. The second-order valence-corrected chi connectivity index (χ2v) is 4.68. The lowest BCUT2D eigenvalue weighted by atomic mass is 10.0. The zero-order chi connectivity index (χ0) is 12.8. The molecule has 0 aliphatic carbocycles. The van der Waals surface area contributed by atoms with E-state index in [0.29, 0.717) is 12.8 Å². The van der Waals surface area contributed by atoms with Crippen molar-refractivity contribution in [2.24, 2.45) is 0 Å². The second kappa shape index (κ2) is 6.36. The van der Waals surface area contributed by atoms with E-state index in [2.05, 4.69) is 9.97 Å². The topological polar surface area (TPSA) is 45.8 Å². The summed E-state index contributed by atoms with van der Waals surface area (Å²) >= 11 is 5.80. The van der Waals surface area contributed by atoms with Gasteiger partial charge in [-0.25, -0.2) is 4.98 Å². The van der Waals surface area contributed by atoms with Crippen LogP contribution in [-0.2, 0) is 17.6 Å². The highest BCUT2D eigenvalue weighted by Crippen LogP contribution is 2.11. The number of rotatable bonds is 6. The third kappa shape index (κ3) is 4.00. The van der Waals surface area contributed by atoms with Crippen LogP contribution in [0.5, 0.6) is 0 Å². The van der Waals surface area contributed by atoms with E-state index in [-0.39, 0.29) is 5.78 Å². The Bertz CT molecular complexity index is 491. The first-order valence-corrected chi connectivity index (χ1v) is 6.35. The van der Waals surface area contributed by atoms with Crippen molar-refractivity contribution in [3.05, 3.63) is 53.1 Å². The monoisotopic (exact) mass is 262 g/mol. The number of carbonyl (C=O) groups is 1.